The lowest BCUT2D eigenvalue weighted by atomic mass is 10.0. The number of nitrogens with zero attached hydrogens (tertiary/aromatic N) is 1. The van der Waals surface area contributed by atoms with E-state index >= 15 is 0 Å². The molecule has 0 fully saturated rings. The maximum atomic E-state index is 12.7. The van der Waals surface area contributed by atoms with Crippen LogP contribution in [0.5, 0.6) is 0 Å². The first kappa shape index (κ1) is 9.59. The number of aryl methyl sites for hydroxylation is 2. The zero-order valence-corrected chi connectivity index (χ0v) is 9.07. The van der Waals surface area contributed by atoms with Crippen LogP contribution in [-0.4, -0.2) is 4.98 Å². The van der Waals surface area contributed by atoms with Crippen LogP contribution >= 0.6 is 11.3 Å². The Morgan fingerprint density at radius 1 is 1.50 bits per heavy atom. The van der Waals surface area contributed by atoms with E-state index in [-0.39, 0.29) is 11.7 Å². The molecule has 1 aromatic rings. The largest absolute Gasteiger partial charge is 0.246 e. The van der Waals surface area contributed by atoms with E-state index in [0.29, 0.717) is 0 Å². The highest BCUT2D eigenvalue weighted by Gasteiger charge is 2.15. The number of rotatable bonds is 1. The molecule has 1 aliphatic carbocycles. The fraction of sp³-hybridized carbons (Fsp3) is 0.364. The number of aromatic nitrogens is 1. The monoisotopic (exact) mass is 209 g/mol. The average molecular weight is 209 g/mol. The molecule has 3 heteroatoms. The van der Waals surface area contributed by atoms with Crippen LogP contribution < -0.4 is 0 Å². The van der Waals surface area contributed by atoms with Crippen molar-refractivity contribution >= 4 is 11.3 Å². The fourth-order valence-corrected chi connectivity index (χ4v) is 2.45. The zero-order chi connectivity index (χ0) is 10.1. The SMILES string of the molecule is Cc1nc(C2C=CC(F)=CC2)sc1C. The van der Waals surface area contributed by atoms with E-state index in [1.54, 1.807) is 17.4 Å². The molecule has 14 heavy (non-hydrogen) atoms. The number of halogens is 1. The highest BCUT2D eigenvalue weighted by Crippen LogP contribution is 2.31. The van der Waals surface area contributed by atoms with Crippen molar-refractivity contribution in [2.75, 3.05) is 0 Å². The maximum absolute atomic E-state index is 12.7. The molecule has 1 aliphatic rings. The predicted molar refractivity (Wildman–Crippen MR) is 57.3 cm³/mol. The van der Waals surface area contributed by atoms with E-state index in [4.69, 9.17) is 0 Å². The van der Waals surface area contributed by atoms with Crippen molar-refractivity contribution in [3.8, 4) is 0 Å². The van der Waals surface area contributed by atoms with Gasteiger partial charge in [0.2, 0.25) is 0 Å². The Morgan fingerprint density at radius 3 is 2.79 bits per heavy atom. The van der Waals surface area contributed by atoms with Gasteiger partial charge in [0, 0.05) is 10.8 Å². The van der Waals surface area contributed by atoms with Crippen molar-refractivity contribution in [1.82, 2.24) is 4.98 Å². The molecule has 1 heterocycles. The van der Waals surface area contributed by atoms with Gasteiger partial charge in [-0.25, -0.2) is 9.37 Å². The van der Waals surface area contributed by atoms with Crippen molar-refractivity contribution in [1.29, 1.82) is 0 Å². The Bertz CT molecular complexity index is 384. The van der Waals surface area contributed by atoms with Crippen molar-refractivity contribution in [3.63, 3.8) is 0 Å². The van der Waals surface area contributed by atoms with Crippen LogP contribution in [0, 0.1) is 13.8 Å². The van der Waals surface area contributed by atoms with Crippen LogP contribution in [0.15, 0.2) is 24.1 Å². The molecule has 1 atom stereocenters. The summed E-state index contributed by atoms with van der Waals surface area (Å²) in [6.45, 7) is 4.08. The molecule has 1 nitrogen and oxygen atoms in total. The Balaban J connectivity index is 2.22. The lowest BCUT2D eigenvalue weighted by molar-refractivity contribution is 0.643. The molecule has 0 N–H and O–H groups in total. The summed E-state index contributed by atoms with van der Waals surface area (Å²) in [5, 5.41) is 1.10. The van der Waals surface area contributed by atoms with Gasteiger partial charge in [0.1, 0.15) is 10.8 Å². The van der Waals surface area contributed by atoms with Gasteiger partial charge in [0.05, 0.1) is 5.69 Å². The molecule has 1 aromatic heterocycles. The second-order valence-corrected chi connectivity index (χ2v) is 4.72. The van der Waals surface area contributed by atoms with E-state index in [2.05, 4.69) is 11.9 Å². The van der Waals surface area contributed by atoms with Crippen molar-refractivity contribution < 1.29 is 4.39 Å². The topological polar surface area (TPSA) is 12.9 Å². The quantitative estimate of drug-likeness (QED) is 0.688. The summed E-state index contributed by atoms with van der Waals surface area (Å²) in [7, 11) is 0. The van der Waals surface area contributed by atoms with Crippen molar-refractivity contribution in [3.05, 3.63) is 39.6 Å². The minimum Gasteiger partial charge on any atom is -0.246 e. The third-order valence-electron chi connectivity index (χ3n) is 2.42. The highest BCUT2D eigenvalue weighted by molar-refractivity contribution is 7.11. The lowest BCUT2D eigenvalue weighted by Gasteiger charge is -2.09. The fourth-order valence-electron chi connectivity index (χ4n) is 1.43. The van der Waals surface area contributed by atoms with Crippen LogP contribution in [0.1, 0.15) is 27.9 Å². The van der Waals surface area contributed by atoms with Crippen molar-refractivity contribution in [2.45, 2.75) is 26.2 Å². The van der Waals surface area contributed by atoms with Gasteiger partial charge in [0.25, 0.3) is 0 Å². The maximum Gasteiger partial charge on any atom is 0.118 e. The second kappa shape index (κ2) is 3.65. The molecule has 0 bridgehead atoms. The third-order valence-corrected chi connectivity index (χ3v) is 3.62. The first-order valence-electron chi connectivity index (χ1n) is 4.64. The summed E-state index contributed by atoms with van der Waals surface area (Å²) in [6, 6.07) is 0. The molecule has 0 spiro atoms. The number of hydrogen-bond acceptors (Lipinski definition) is 2. The molecule has 0 amide bonds. The van der Waals surface area contributed by atoms with Gasteiger partial charge in [-0.1, -0.05) is 6.08 Å². The summed E-state index contributed by atoms with van der Waals surface area (Å²) < 4.78 is 12.7. The standard InChI is InChI=1S/C11H12FNS/c1-7-8(2)14-11(13-7)9-3-5-10(12)6-4-9/h3,5-6,9H,4H2,1-2H3. The van der Waals surface area contributed by atoms with Crippen LogP contribution in [0.3, 0.4) is 0 Å². The van der Waals surface area contributed by atoms with Gasteiger partial charge in [-0.05, 0) is 32.4 Å². The first-order chi connectivity index (χ1) is 6.66. The minimum absolute atomic E-state index is 0.133. The Morgan fingerprint density at radius 2 is 2.29 bits per heavy atom. The third kappa shape index (κ3) is 1.77. The van der Waals surface area contributed by atoms with Crippen LogP contribution in [0.25, 0.3) is 0 Å². The molecule has 0 aliphatic heterocycles. The highest BCUT2D eigenvalue weighted by atomic mass is 32.1. The van der Waals surface area contributed by atoms with E-state index < -0.39 is 0 Å². The van der Waals surface area contributed by atoms with E-state index in [0.717, 1.165) is 17.1 Å². The van der Waals surface area contributed by atoms with E-state index in [1.807, 2.05) is 13.0 Å². The van der Waals surface area contributed by atoms with Gasteiger partial charge in [-0.15, -0.1) is 11.3 Å². The second-order valence-electron chi connectivity index (χ2n) is 3.48. The van der Waals surface area contributed by atoms with Crippen LogP contribution in [0.4, 0.5) is 4.39 Å². The Labute approximate surface area is 87.0 Å². The molecule has 1 unspecified atom stereocenters. The molecule has 0 radical (unpaired) electrons. The first-order valence-corrected chi connectivity index (χ1v) is 5.46. The van der Waals surface area contributed by atoms with Gasteiger partial charge >= 0.3 is 0 Å². The van der Waals surface area contributed by atoms with Crippen LogP contribution in [0.2, 0.25) is 0 Å². The Kier molecular flexibility index (Phi) is 2.50. The summed E-state index contributed by atoms with van der Waals surface area (Å²) in [5.41, 5.74) is 1.09. The minimum atomic E-state index is -0.133. The molecule has 0 aromatic carbocycles. The molecule has 2 rings (SSSR count). The summed E-state index contributed by atoms with van der Waals surface area (Å²) in [6.07, 6.45) is 5.78. The van der Waals surface area contributed by atoms with Gasteiger partial charge in [0.15, 0.2) is 0 Å². The van der Waals surface area contributed by atoms with Gasteiger partial charge in [-0.3, -0.25) is 0 Å². The predicted octanol–water partition coefficient (Wildman–Crippen LogP) is 3.66. The molecule has 0 saturated carbocycles. The molecule has 74 valence electrons. The number of thiazole rings is 1. The van der Waals surface area contributed by atoms with Crippen molar-refractivity contribution in [2.24, 2.45) is 0 Å². The number of allylic oxidation sites excluding steroid dienone is 4. The molecular weight excluding hydrogens is 197 g/mol. The van der Waals surface area contributed by atoms with E-state index in [1.165, 1.54) is 11.0 Å². The normalized spacial score (nSPS) is 21.1. The van der Waals surface area contributed by atoms with Crippen LogP contribution in [-0.2, 0) is 0 Å². The zero-order valence-electron chi connectivity index (χ0n) is 8.25. The number of hydrogen-bond donors (Lipinski definition) is 0. The summed E-state index contributed by atoms with van der Waals surface area (Å²) in [5.74, 6) is 0.137. The average Bonchev–Trinajstić information content (AvgIpc) is 2.48. The smallest absolute Gasteiger partial charge is 0.118 e. The van der Waals surface area contributed by atoms with Gasteiger partial charge in [-0.2, -0.15) is 0 Å². The summed E-state index contributed by atoms with van der Waals surface area (Å²) >= 11 is 1.71. The Hall–Kier alpha value is -0.960. The molecular formula is C11H12FNS. The van der Waals surface area contributed by atoms with Gasteiger partial charge < -0.3 is 0 Å². The summed E-state index contributed by atoms with van der Waals surface area (Å²) in [4.78, 5) is 5.73. The van der Waals surface area contributed by atoms with E-state index in [9.17, 15) is 4.39 Å². The molecule has 0 saturated heterocycles. The lowest BCUT2D eigenvalue weighted by Crippen LogP contribution is -1.96.